The maximum absolute atomic E-state index is 11.0. The van der Waals surface area contributed by atoms with Gasteiger partial charge in [-0.15, -0.1) is 0 Å². The van der Waals surface area contributed by atoms with E-state index in [0.29, 0.717) is 16.9 Å². The SMILES string of the molecule is CC(C)(O)c1nc(NC2CCCC2)c2cnn([C@@H]3O[C@H](COCP(=O)(O)O)[C@@H](O)[C@H]3O)c2n1. The number of aromatic nitrogens is 4. The third kappa shape index (κ3) is 5.36. The summed E-state index contributed by atoms with van der Waals surface area (Å²) in [4.78, 5) is 26.8. The number of aliphatic hydroxyl groups excluding tert-OH is 2. The van der Waals surface area contributed by atoms with Crippen molar-refractivity contribution in [3.8, 4) is 0 Å². The summed E-state index contributed by atoms with van der Waals surface area (Å²) in [7, 11) is -4.38. The van der Waals surface area contributed by atoms with Crippen LogP contribution in [-0.2, 0) is 19.6 Å². The van der Waals surface area contributed by atoms with Crippen LogP contribution in [0.4, 0.5) is 5.82 Å². The topological polar surface area (TPSA) is 192 Å². The zero-order valence-electron chi connectivity index (χ0n) is 18.4. The van der Waals surface area contributed by atoms with E-state index >= 15 is 0 Å². The second-order valence-corrected chi connectivity index (χ2v) is 10.7. The number of hydrogen-bond acceptors (Lipinski definition) is 10. The molecule has 1 saturated carbocycles. The number of nitrogens with zero attached hydrogens (tertiary/aromatic N) is 4. The first-order valence-corrected chi connectivity index (χ1v) is 12.6. The van der Waals surface area contributed by atoms with Gasteiger partial charge in [0.05, 0.1) is 18.2 Å². The Kier molecular flexibility index (Phi) is 6.78. The average Bonchev–Trinajstić information content (AvgIpc) is 3.43. The van der Waals surface area contributed by atoms with Gasteiger partial charge in [0, 0.05) is 6.04 Å². The van der Waals surface area contributed by atoms with E-state index in [1.54, 1.807) is 13.8 Å². The van der Waals surface area contributed by atoms with Crippen molar-refractivity contribution in [2.45, 2.75) is 75.7 Å². The first-order valence-electron chi connectivity index (χ1n) is 10.8. The fraction of sp³-hybridized carbons (Fsp3) is 0.737. The molecule has 0 aromatic carbocycles. The fourth-order valence-corrected chi connectivity index (χ4v) is 4.46. The van der Waals surface area contributed by atoms with E-state index in [1.807, 2.05) is 0 Å². The van der Waals surface area contributed by atoms with Gasteiger partial charge in [-0.25, -0.2) is 14.6 Å². The van der Waals surface area contributed by atoms with Crippen LogP contribution in [0, 0.1) is 0 Å². The Labute approximate surface area is 189 Å². The van der Waals surface area contributed by atoms with Crippen LogP contribution < -0.4 is 5.32 Å². The number of fused-ring (bicyclic) bond motifs is 1. The van der Waals surface area contributed by atoms with E-state index in [4.69, 9.17) is 19.3 Å². The lowest BCUT2D eigenvalue weighted by molar-refractivity contribution is -0.0659. The van der Waals surface area contributed by atoms with Crippen LogP contribution in [0.15, 0.2) is 6.20 Å². The molecule has 2 aliphatic rings. The van der Waals surface area contributed by atoms with Crippen LogP contribution in [0.5, 0.6) is 0 Å². The van der Waals surface area contributed by atoms with Crippen molar-refractivity contribution in [2.24, 2.45) is 0 Å². The summed E-state index contributed by atoms with van der Waals surface area (Å²) >= 11 is 0. The van der Waals surface area contributed by atoms with E-state index < -0.39 is 44.1 Å². The summed E-state index contributed by atoms with van der Waals surface area (Å²) in [6.45, 7) is 2.79. The largest absolute Gasteiger partial charge is 0.387 e. The molecule has 0 amide bonds. The lowest BCUT2D eigenvalue weighted by Gasteiger charge is -2.20. The van der Waals surface area contributed by atoms with Crippen molar-refractivity contribution in [1.82, 2.24) is 19.7 Å². The van der Waals surface area contributed by atoms with Crippen molar-refractivity contribution < 1.29 is 39.1 Å². The molecule has 4 atom stereocenters. The van der Waals surface area contributed by atoms with E-state index in [1.165, 1.54) is 10.9 Å². The van der Waals surface area contributed by atoms with Gasteiger partial charge in [-0.3, -0.25) is 4.57 Å². The summed E-state index contributed by atoms with van der Waals surface area (Å²) in [5, 5.41) is 39.8. The van der Waals surface area contributed by atoms with Gasteiger partial charge in [0.1, 0.15) is 36.1 Å². The molecule has 6 N–H and O–H groups in total. The van der Waals surface area contributed by atoms with Crippen molar-refractivity contribution in [1.29, 1.82) is 0 Å². The van der Waals surface area contributed by atoms with Crippen LogP contribution in [0.25, 0.3) is 11.0 Å². The molecular weight excluding hydrogens is 457 g/mol. The number of ether oxygens (including phenoxy) is 2. The zero-order valence-corrected chi connectivity index (χ0v) is 19.3. The maximum atomic E-state index is 11.0. The Morgan fingerprint density at radius 2 is 1.94 bits per heavy atom. The molecule has 33 heavy (non-hydrogen) atoms. The van der Waals surface area contributed by atoms with Gasteiger partial charge in [-0.05, 0) is 26.7 Å². The van der Waals surface area contributed by atoms with Gasteiger partial charge < -0.3 is 39.9 Å². The molecular formula is C19H30N5O8P. The van der Waals surface area contributed by atoms with Gasteiger partial charge in [0.25, 0.3) is 0 Å². The molecule has 0 bridgehead atoms. The molecule has 4 rings (SSSR count). The molecule has 1 aliphatic carbocycles. The van der Waals surface area contributed by atoms with Crippen LogP contribution in [0.2, 0.25) is 0 Å². The third-order valence-electron chi connectivity index (χ3n) is 5.82. The van der Waals surface area contributed by atoms with Crippen LogP contribution >= 0.6 is 7.60 Å². The quantitative estimate of drug-likeness (QED) is 0.277. The van der Waals surface area contributed by atoms with Gasteiger partial charge in [0.2, 0.25) is 0 Å². The molecule has 2 aromatic rings. The average molecular weight is 487 g/mol. The molecule has 13 nitrogen and oxygen atoms in total. The van der Waals surface area contributed by atoms with Crippen molar-refractivity contribution in [3.05, 3.63) is 12.0 Å². The Bertz CT molecular complexity index is 1030. The lowest BCUT2D eigenvalue weighted by atomic mass is 10.1. The zero-order chi connectivity index (χ0) is 24.0. The van der Waals surface area contributed by atoms with Gasteiger partial charge >= 0.3 is 7.60 Å². The highest BCUT2D eigenvalue weighted by Gasteiger charge is 2.45. The van der Waals surface area contributed by atoms with E-state index in [-0.39, 0.29) is 18.5 Å². The summed E-state index contributed by atoms with van der Waals surface area (Å²) in [5.41, 5.74) is -1.04. The highest BCUT2D eigenvalue weighted by Crippen LogP contribution is 2.36. The van der Waals surface area contributed by atoms with Crippen LogP contribution in [0.1, 0.15) is 51.6 Å². The van der Waals surface area contributed by atoms with E-state index in [9.17, 15) is 19.9 Å². The van der Waals surface area contributed by atoms with E-state index in [0.717, 1.165) is 25.7 Å². The first kappa shape index (κ1) is 24.4. The molecule has 0 radical (unpaired) electrons. The Morgan fingerprint density at radius 3 is 2.58 bits per heavy atom. The number of aliphatic hydroxyl groups is 3. The predicted octanol–water partition coefficient (Wildman–Crippen LogP) is 0.179. The number of rotatable bonds is 8. The standard InChI is InChI=1S/C19H30N5O8P/c1-19(2,27)18-22-15(21-10-5-3-4-6-10)11-7-20-24(16(11)23-18)17-14(26)13(25)12(32-17)8-31-9-33(28,29)30/h7,10,12-14,17,25-27H,3-6,8-9H2,1-2H3,(H,21,22,23)(H2,28,29,30)/t12-,13-,14-,17-/m1/s1. The molecule has 0 unspecified atom stereocenters. The fourth-order valence-electron chi connectivity index (χ4n) is 4.12. The smallest absolute Gasteiger partial charge is 0.350 e. The van der Waals surface area contributed by atoms with Gasteiger partial charge in [-0.2, -0.15) is 5.10 Å². The second kappa shape index (κ2) is 9.16. The highest BCUT2D eigenvalue weighted by atomic mass is 31.2. The minimum absolute atomic E-state index is 0.159. The molecule has 2 aromatic heterocycles. The monoisotopic (exact) mass is 487 g/mol. The van der Waals surface area contributed by atoms with Crippen LogP contribution in [-0.4, -0.2) is 82.2 Å². The van der Waals surface area contributed by atoms with Crippen LogP contribution in [0.3, 0.4) is 0 Å². The summed E-state index contributed by atoms with van der Waals surface area (Å²) in [5.74, 6) is 0.677. The normalized spacial score (nSPS) is 27.0. The molecule has 0 spiro atoms. The second-order valence-electron chi connectivity index (χ2n) is 9.12. The molecule has 1 saturated heterocycles. The molecule has 3 heterocycles. The minimum atomic E-state index is -4.38. The number of anilines is 1. The number of hydrogen-bond donors (Lipinski definition) is 6. The lowest BCUT2D eigenvalue weighted by Crippen LogP contribution is -2.34. The molecule has 2 fully saturated rings. The Balaban J connectivity index is 1.64. The summed E-state index contributed by atoms with van der Waals surface area (Å²) in [6.07, 6.45) is -0.00276. The van der Waals surface area contributed by atoms with Gasteiger partial charge in [-0.1, -0.05) is 12.8 Å². The Hall–Kier alpha value is -1.70. The summed E-state index contributed by atoms with van der Waals surface area (Å²) < 4.78 is 23.0. The molecule has 1 aliphatic heterocycles. The molecule has 184 valence electrons. The first-order chi connectivity index (χ1) is 15.4. The van der Waals surface area contributed by atoms with Gasteiger partial charge in [0.15, 0.2) is 17.7 Å². The highest BCUT2D eigenvalue weighted by molar-refractivity contribution is 7.51. The maximum Gasteiger partial charge on any atom is 0.350 e. The predicted molar refractivity (Wildman–Crippen MR) is 115 cm³/mol. The molecule has 14 heteroatoms. The number of nitrogens with one attached hydrogen (secondary N) is 1. The van der Waals surface area contributed by atoms with Crippen molar-refractivity contribution in [3.63, 3.8) is 0 Å². The minimum Gasteiger partial charge on any atom is -0.387 e. The Morgan fingerprint density at radius 1 is 1.24 bits per heavy atom. The van der Waals surface area contributed by atoms with E-state index in [2.05, 4.69) is 20.4 Å². The van der Waals surface area contributed by atoms with Crippen molar-refractivity contribution in [2.75, 3.05) is 18.3 Å². The summed E-state index contributed by atoms with van der Waals surface area (Å²) in [6, 6.07) is 0.242. The third-order valence-corrected chi connectivity index (χ3v) is 6.34. The van der Waals surface area contributed by atoms with Crippen molar-refractivity contribution >= 4 is 24.4 Å².